The Morgan fingerprint density at radius 3 is 2.81 bits per heavy atom. The largest absolute Gasteiger partial charge is 0.383 e. The maximum absolute atomic E-state index is 12.3. The van der Waals surface area contributed by atoms with Crippen LogP contribution in [0.25, 0.3) is 0 Å². The van der Waals surface area contributed by atoms with Gasteiger partial charge in [-0.15, -0.1) is 0 Å². The number of carbonyl (C=O) groups excluding carboxylic acids is 1. The standard InChI is InChI=1S/C13H14ClN3O4/c1-21-8-7-16(6-2-5-15)13(18)10-3-4-11(14)12(9-10)17(19)20/h3-4,9H,2,6-8H2,1H3. The molecule has 0 spiro atoms. The number of benzene rings is 1. The molecule has 0 saturated carbocycles. The molecule has 7 nitrogen and oxygen atoms in total. The van der Waals surface area contributed by atoms with Crippen LogP contribution in [-0.2, 0) is 4.74 Å². The molecule has 0 unspecified atom stereocenters. The molecule has 0 heterocycles. The first-order valence-corrected chi connectivity index (χ1v) is 6.48. The minimum atomic E-state index is -0.645. The van der Waals surface area contributed by atoms with Gasteiger partial charge in [0.1, 0.15) is 5.02 Å². The molecule has 0 saturated heterocycles. The number of halogens is 1. The van der Waals surface area contributed by atoms with Gasteiger partial charge in [0.05, 0.1) is 24.0 Å². The topological polar surface area (TPSA) is 96.5 Å². The molecule has 0 radical (unpaired) electrons. The normalized spacial score (nSPS) is 9.95. The fourth-order valence-corrected chi connectivity index (χ4v) is 1.86. The zero-order chi connectivity index (χ0) is 15.8. The Balaban J connectivity index is 2.99. The Kier molecular flexibility index (Phi) is 6.59. The van der Waals surface area contributed by atoms with Crippen LogP contribution in [0.15, 0.2) is 18.2 Å². The predicted octanol–water partition coefficient (Wildman–Crippen LogP) is 2.25. The van der Waals surface area contributed by atoms with Crippen molar-refractivity contribution >= 4 is 23.2 Å². The second kappa shape index (κ2) is 8.19. The van der Waals surface area contributed by atoms with E-state index in [-0.39, 0.29) is 29.2 Å². The van der Waals surface area contributed by atoms with Gasteiger partial charge in [0, 0.05) is 31.8 Å². The van der Waals surface area contributed by atoms with Crippen molar-refractivity contribution < 1.29 is 14.5 Å². The molecular weight excluding hydrogens is 298 g/mol. The molecule has 1 aromatic rings. The minimum absolute atomic E-state index is 0.0305. The van der Waals surface area contributed by atoms with Gasteiger partial charge in [0.25, 0.3) is 11.6 Å². The summed E-state index contributed by atoms with van der Waals surface area (Å²) in [4.78, 5) is 24.0. The number of nitrogens with zero attached hydrogens (tertiary/aromatic N) is 3. The maximum atomic E-state index is 12.3. The number of hydrogen-bond acceptors (Lipinski definition) is 5. The van der Waals surface area contributed by atoms with Crippen molar-refractivity contribution in [2.75, 3.05) is 26.8 Å². The Hall–Kier alpha value is -2.17. The maximum Gasteiger partial charge on any atom is 0.288 e. The monoisotopic (exact) mass is 311 g/mol. The number of nitro groups is 1. The highest BCUT2D eigenvalue weighted by molar-refractivity contribution is 6.32. The van der Waals surface area contributed by atoms with Crippen molar-refractivity contribution in [3.63, 3.8) is 0 Å². The van der Waals surface area contributed by atoms with E-state index >= 15 is 0 Å². The molecule has 21 heavy (non-hydrogen) atoms. The number of nitro benzene ring substituents is 1. The predicted molar refractivity (Wildman–Crippen MR) is 76.1 cm³/mol. The van der Waals surface area contributed by atoms with Crippen molar-refractivity contribution in [1.29, 1.82) is 5.26 Å². The first-order valence-electron chi connectivity index (χ1n) is 6.10. The number of methoxy groups -OCH3 is 1. The van der Waals surface area contributed by atoms with Crippen LogP contribution in [0.3, 0.4) is 0 Å². The van der Waals surface area contributed by atoms with Crippen LogP contribution < -0.4 is 0 Å². The van der Waals surface area contributed by atoms with Crippen molar-refractivity contribution in [3.8, 4) is 6.07 Å². The molecule has 0 aromatic heterocycles. The number of rotatable bonds is 7. The molecule has 1 amide bonds. The zero-order valence-electron chi connectivity index (χ0n) is 11.4. The Bertz CT molecular complexity index is 571. The number of ether oxygens (including phenoxy) is 1. The van der Waals surface area contributed by atoms with Gasteiger partial charge >= 0.3 is 0 Å². The number of hydrogen-bond donors (Lipinski definition) is 0. The number of carbonyl (C=O) groups is 1. The molecule has 8 heteroatoms. The molecule has 0 fully saturated rings. The Morgan fingerprint density at radius 2 is 2.24 bits per heavy atom. The first kappa shape index (κ1) is 16.9. The van der Waals surface area contributed by atoms with Crippen LogP contribution in [0.2, 0.25) is 5.02 Å². The second-order valence-corrected chi connectivity index (χ2v) is 4.52. The SMILES string of the molecule is COCCN(CCC#N)C(=O)c1ccc(Cl)c([N+](=O)[O-])c1. The summed E-state index contributed by atoms with van der Waals surface area (Å²) in [5.41, 5.74) is -0.172. The molecule has 0 aliphatic heterocycles. The van der Waals surface area contributed by atoms with Crippen LogP contribution in [0, 0.1) is 21.4 Å². The lowest BCUT2D eigenvalue weighted by Crippen LogP contribution is -2.34. The summed E-state index contributed by atoms with van der Waals surface area (Å²) in [7, 11) is 1.50. The number of nitriles is 1. The summed E-state index contributed by atoms with van der Waals surface area (Å²) >= 11 is 5.71. The van der Waals surface area contributed by atoms with Gasteiger partial charge in [0.15, 0.2) is 0 Å². The van der Waals surface area contributed by atoms with Crippen LogP contribution in [-0.4, -0.2) is 42.5 Å². The fourth-order valence-electron chi connectivity index (χ4n) is 1.67. The molecule has 0 N–H and O–H groups in total. The lowest BCUT2D eigenvalue weighted by atomic mass is 10.1. The number of amides is 1. The van der Waals surface area contributed by atoms with E-state index in [2.05, 4.69) is 0 Å². The second-order valence-electron chi connectivity index (χ2n) is 4.12. The van der Waals surface area contributed by atoms with Crippen molar-refractivity contribution in [1.82, 2.24) is 4.90 Å². The molecule has 0 aliphatic carbocycles. The van der Waals surface area contributed by atoms with E-state index in [4.69, 9.17) is 21.6 Å². The fraction of sp³-hybridized carbons (Fsp3) is 0.385. The van der Waals surface area contributed by atoms with Gasteiger partial charge in [-0.3, -0.25) is 14.9 Å². The van der Waals surface area contributed by atoms with Crippen LogP contribution in [0.5, 0.6) is 0 Å². The van der Waals surface area contributed by atoms with E-state index in [1.165, 1.54) is 24.1 Å². The highest BCUT2D eigenvalue weighted by Gasteiger charge is 2.20. The summed E-state index contributed by atoms with van der Waals surface area (Å²) in [6.07, 6.45) is 0.172. The van der Waals surface area contributed by atoms with E-state index < -0.39 is 10.8 Å². The minimum Gasteiger partial charge on any atom is -0.383 e. The third-order valence-corrected chi connectivity index (χ3v) is 3.06. The van der Waals surface area contributed by atoms with E-state index in [0.717, 1.165) is 6.07 Å². The molecular formula is C13H14ClN3O4. The third-order valence-electron chi connectivity index (χ3n) is 2.74. The third kappa shape index (κ3) is 4.70. The van der Waals surface area contributed by atoms with Gasteiger partial charge < -0.3 is 9.64 Å². The Labute approximate surface area is 126 Å². The summed E-state index contributed by atoms with van der Waals surface area (Å²) in [5.74, 6) is -0.401. The van der Waals surface area contributed by atoms with Crippen LogP contribution in [0.1, 0.15) is 16.8 Å². The average molecular weight is 312 g/mol. The summed E-state index contributed by atoms with van der Waals surface area (Å²) < 4.78 is 4.91. The summed E-state index contributed by atoms with van der Waals surface area (Å²) in [5, 5.41) is 19.4. The molecule has 0 aliphatic rings. The van der Waals surface area contributed by atoms with Crippen LogP contribution in [0.4, 0.5) is 5.69 Å². The van der Waals surface area contributed by atoms with Crippen molar-refractivity contribution in [2.45, 2.75) is 6.42 Å². The highest BCUT2D eigenvalue weighted by Crippen LogP contribution is 2.25. The highest BCUT2D eigenvalue weighted by atomic mass is 35.5. The van der Waals surface area contributed by atoms with E-state index in [0.29, 0.717) is 13.2 Å². The molecule has 0 atom stereocenters. The van der Waals surface area contributed by atoms with Crippen molar-refractivity contribution in [2.24, 2.45) is 0 Å². The molecule has 1 rings (SSSR count). The molecule has 0 bridgehead atoms. The lowest BCUT2D eigenvalue weighted by Gasteiger charge is -2.21. The quantitative estimate of drug-likeness (QED) is 0.568. The first-order chi connectivity index (χ1) is 10.0. The summed E-state index contributed by atoms with van der Waals surface area (Å²) in [6, 6.07) is 5.82. The average Bonchev–Trinajstić information content (AvgIpc) is 2.47. The molecule has 112 valence electrons. The van der Waals surface area contributed by atoms with Gasteiger partial charge in [-0.05, 0) is 12.1 Å². The molecule has 1 aromatic carbocycles. The van der Waals surface area contributed by atoms with Gasteiger partial charge in [0.2, 0.25) is 0 Å². The van der Waals surface area contributed by atoms with E-state index in [1.807, 2.05) is 6.07 Å². The smallest absolute Gasteiger partial charge is 0.288 e. The van der Waals surface area contributed by atoms with Crippen LogP contribution >= 0.6 is 11.6 Å². The lowest BCUT2D eigenvalue weighted by molar-refractivity contribution is -0.384. The van der Waals surface area contributed by atoms with Gasteiger partial charge in [-0.25, -0.2) is 0 Å². The van der Waals surface area contributed by atoms with E-state index in [1.54, 1.807) is 0 Å². The zero-order valence-corrected chi connectivity index (χ0v) is 12.2. The van der Waals surface area contributed by atoms with E-state index in [9.17, 15) is 14.9 Å². The Morgan fingerprint density at radius 1 is 1.52 bits per heavy atom. The van der Waals surface area contributed by atoms with Gasteiger partial charge in [-0.2, -0.15) is 5.26 Å². The summed E-state index contributed by atoms with van der Waals surface area (Å²) in [6.45, 7) is 0.843. The van der Waals surface area contributed by atoms with Crippen molar-refractivity contribution in [3.05, 3.63) is 38.9 Å². The van der Waals surface area contributed by atoms with Gasteiger partial charge in [-0.1, -0.05) is 11.6 Å².